The van der Waals surface area contributed by atoms with Crippen LogP contribution < -0.4 is 0 Å². The van der Waals surface area contributed by atoms with Crippen LogP contribution in [0.25, 0.3) is 10.2 Å². The summed E-state index contributed by atoms with van der Waals surface area (Å²) in [4.78, 5) is 19.4. The van der Waals surface area contributed by atoms with Crippen LogP contribution in [0.2, 0.25) is 0 Å². The Kier molecular flexibility index (Phi) is 2.97. The number of carboxylic acid groups (broad SMARTS) is 1. The van der Waals surface area contributed by atoms with Gasteiger partial charge in [-0.3, -0.25) is 4.98 Å². The molecule has 0 saturated heterocycles. The van der Waals surface area contributed by atoms with E-state index >= 15 is 0 Å². The van der Waals surface area contributed by atoms with E-state index in [1.54, 1.807) is 23.6 Å². The minimum atomic E-state index is -0.960. The van der Waals surface area contributed by atoms with E-state index in [0.29, 0.717) is 6.42 Å². The van der Waals surface area contributed by atoms with E-state index in [0.717, 1.165) is 20.8 Å². The molecular formula is C14H10N2O2S. The molecule has 0 aliphatic rings. The van der Waals surface area contributed by atoms with Gasteiger partial charge in [-0.15, -0.1) is 11.3 Å². The molecule has 0 atom stereocenters. The van der Waals surface area contributed by atoms with Crippen molar-refractivity contribution in [3.8, 4) is 0 Å². The molecule has 0 fully saturated rings. The van der Waals surface area contributed by atoms with Crippen molar-refractivity contribution in [3.05, 3.63) is 58.9 Å². The number of aromatic nitrogens is 2. The van der Waals surface area contributed by atoms with Gasteiger partial charge in [0.15, 0.2) is 0 Å². The van der Waals surface area contributed by atoms with Crippen molar-refractivity contribution in [1.82, 2.24) is 9.97 Å². The van der Waals surface area contributed by atoms with Crippen molar-refractivity contribution in [2.24, 2.45) is 0 Å². The first kappa shape index (κ1) is 11.8. The average Bonchev–Trinajstić information content (AvgIpc) is 2.81. The zero-order valence-electron chi connectivity index (χ0n) is 9.91. The third kappa shape index (κ3) is 2.46. The first-order valence-corrected chi connectivity index (χ1v) is 6.56. The van der Waals surface area contributed by atoms with Crippen LogP contribution in [0.4, 0.5) is 0 Å². The summed E-state index contributed by atoms with van der Waals surface area (Å²) in [7, 11) is 0. The number of carbonyl (C=O) groups is 1. The lowest BCUT2D eigenvalue weighted by atomic mass is 10.1. The molecule has 0 amide bonds. The molecule has 0 radical (unpaired) electrons. The van der Waals surface area contributed by atoms with E-state index in [1.807, 2.05) is 24.3 Å². The Hall–Kier alpha value is -2.27. The number of rotatable bonds is 3. The third-order valence-corrected chi connectivity index (χ3v) is 3.77. The molecule has 2 aromatic heterocycles. The van der Waals surface area contributed by atoms with Gasteiger partial charge >= 0.3 is 5.97 Å². The minimum Gasteiger partial charge on any atom is -0.478 e. The fourth-order valence-corrected chi connectivity index (χ4v) is 2.87. The number of carboxylic acids is 1. The predicted octanol–water partition coefficient (Wildman–Crippen LogP) is 2.98. The lowest BCUT2D eigenvalue weighted by Gasteiger charge is -1.99. The van der Waals surface area contributed by atoms with Crippen molar-refractivity contribution >= 4 is 27.5 Å². The number of thiazole rings is 1. The lowest BCUT2D eigenvalue weighted by molar-refractivity contribution is 0.0696. The standard InChI is InChI=1S/C14H10N2O2S/c17-14(18)10-5-9(7-15-8-10)6-13-16-11-3-1-2-4-12(11)19-13/h1-5,7-8H,6H2,(H,17,18). The van der Waals surface area contributed by atoms with Crippen molar-refractivity contribution in [2.45, 2.75) is 6.42 Å². The average molecular weight is 270 g/mol. The van der Waals surface area contributed by atoms with Gasteiger partial charge in [-0.2, -0.15) is 0 Å². The van der Waals surface area contributed by atoms with Crippen LogP contribution in [-0.4, -0.2) is 21.0 Å². The molecule has 0 bridgehead atoms. The summed E-state index contributed by atoms with van der Waals surface area (Å²) < 4.78 is 1.14. The summed E-state index contributed by atoms with van der Waals surface area (Å²) in [6.45, 7) is 0. The number of benzene rings is 1. The molecule has 0 aliphatic carbocycles. The Labute approximate surface area is 113 Å². The number of para-hydroxylation sites is 1. The monoisotopic (exact) mass is 270 g/mol. The molecule has 0 unspecified atom stereocenters. The predicted molar refractivity (Wildman–Crippen MR) is 73.6 cm³/mol. The third-order valence-electron chi connectivity index (χ3n) is 2.74. The molecule has 3 rings (SSSR count). The molecule has 5 heteroatoms. The van der Waals surface area contributed by atoms with Gasteiger partial charge in [0.25, 0.3) is 0 Å². The number of hydrogen-bond acceptors (Lipinski definition) is 4. The second kappa shape index (κ2) is 4.78. The van der Waals surface area contributed by atoms with E-state index < -0.39 is 5.97 Å². The van der Waals surface area contributed by atoms with E-state index in [4.69, 9.17) is 5.11 Å². The second-order valence-corrected chi connectivity index (χ2v) is 5.25. The quantitative estimate of drug-likeness (QED) is 0.794. The van der Waals surface area contributed by atoms with Crippen LogP contribution >= 0.6 is 11.3 Å². The molecule has 0 saturated carbocycles. The normalized spacial score (nSPS) is 10.7. The summed E-state index contributed by atoms with van der Waals surface area (Å²) in [6.07, 6.45) is 3.64. The summed E-state index contributed by atoms with van der Waals surface area (Å²) in [5.41, 5.74) is 2.04. The fraction of sp³-hybridized carbons (Fsp3) is 0.0714. The molecular weight excluding hydrogens is 260 g/mol. The van der Waals surface area contributed by atoms with Crippen molar-refractivity contribution in [2.75, 3.05) is 0 Å². The van der Waals surface area contributed by atoms with Crippen LogP contribution in [0.15, 0.2) is 42.7 Å². The Balaban J connectivity index is 1.92. The molecule has 4 nitrogen and oxygen atoms in total. The van der Waals surface area contributed by atoms with Crippen LogP contribution in [0.1, 0.15) is 20.9 Å². The summed E-state index contributed by atoms with van der Waals surface area (Å²) >= 11 is 1.62. The minimum absolute atomic E-state index is 0.207. The van der Waals surface area contributed by atoms with E-state index in [9.17, 15) is 4.79 Å². The van der Waals surface area contributed by atoms with E-state index in [-0.39, 0.29) is 5.56 Å². The Morgan fingerprint density at radius 3 is 2.89 bits per heavy atom. The number of nitrogens with zero attached hydrogens (tertiary/aromatic N) is 2. The van der Waals surface area contributed by atoms with Gasteiger partial charge in [-0.1, -0.05) is 12.1 Å². The second-order valence-electron chi connectivity index (χ2n) is 4.14. The van der Waals surface area contributed by atoms with Gasteiger partial charge in [0.2, 0.25) is 0 Å². The van der Waals surface area contributed by atoms with Gasteiger partial charge in [-0.25, -0.2) is 9.78 Å². The largest absolute Gasteiger partial charge is 0.478 e. The molecule has 3 aromatic rings. The first-order chi connectivity index (χ1) is 9.22. The highest BCUT2D eigenvalue weighted by molar-refractivity contribution is 7.18. The summed E-state index contributed by atoms with van der Waals surface area (Å²) in [5, 5.41) is 9.90. The summed E-state index contributed by atoms with van der Waals surface area (Å²) in [6, 6.07) is 9.58. The maximum absolute atomic E-state index is 10.9. The van der Waals surface area contributed by atoms with Gasteiger partial charge in [0.1, 0.15) is 0 Å². The highest BCUT2D eigenvalue weighted by Crippen LogP contribution is 2.23. The zero-order chi connectivity index (χ0) is 13.2. The molecule has 0 spiro atoms. The van der Waals surface area contributed by atoms with Crippen molar-refractivity contribution < 1.29 is 9.90 Å². The number of pyridine rings is 1. The molecule has 1 N–H and O–H groups in total. The van der Waals surface area contributed by atoms with Gasteiger partial charge in [0.05, 0.1) is 20.8 Å². The Bertz CT molecular complexity index is 719. The molecule has 1 aromatic carbocycles. The van der Waals surface area contributed by atoms with Crippen molar-refractivity contribution in [1.29, 1.82) is 0 Å². The Morgan fingerprint density at radius 1 is 1.26 bits per heavy atom. The van der Waals surface area contributed by atoms with Gasteiger partial charge < -0.3 is 5.11 Å². The molecule has 0 aliphatic heterocycles. The lowest BCUT2D eigenvalue weighted by Crippen LogP contribution is -1.99. The van der Waals surface area contributed by atoms with Crippen LogP contribution in [0, 0.1) is 0 Å². The maximum Gasteiger partial charge on any atom is 0.337 e. The number of aromatic carboxylic acids is 1. The van der Waals surface area contributed by atoms with Gasteiger partial charge in [-0.05, 0) is 23.8 Å². The number of fused-ring (bicyclic) bond motifs is 1. The highest BCUT2D eigenvalue weighted by Gasteiger charge is 2.07. The molecule has 94 valence electrons. The summed E-state index contributed by atoms with van der Waals surface area (Å²) in [5.74, 6) is -0.960. The smallest absolute Gasteiger partial charge is 0.337 e. The van der Waals surface area contributed by atoms with Crippen molar-refractivity contribution in [3.63, 3.8) is 0 Å². The van der Waals surface area contributed by atoms with Crippen LogP contribution in [0.5, 0.6) is 0 Å². The fourth-order valence-electron chi connectivity index (χ4n) is 1.87. The SMILES string of the molecule is O=C(O)c1cncc(Cc2nc3ccccc3s2)c1. The zero-order valence-corrected chi connectivity index (χ0v) is 10.7. The molecule has 2 heterocycles. The molecule has 19 heavy (non-hydrogen) atoms. The van der Waals surface area contributed by atoms with Crippen LogP contribution in [0.3, 0.4) is 0 Å². The topological polar surface area (TPSA) is 63.1 Å². The maximum atomic E-state index is 10.9. The van der Waals surface area contributed by atoms with Crippen LogP contribution in [-0.2, 0) is 6.42 Å². The highest BCUT2D eigenvalue weighted by atomic mass is 32.1. The Morgan fingerprint density at radius 2 is 2.11 bits per heavy atom. The first-order valence-electron chi connectivity index (χ1n) is 5.74. The van der Waals surface area contributed by atoms with Gasteiger partial charge in [0, 0.05) is 18.8 Å². The number of hydrogen-bond donors (Lipinski definition) is 1. The van der Waals surface area contributed by atoms with E-state index in [2.05, 4.69) is 9.97 Å². The van der Waals surface area contributed by atoms with E-state index in [1.165, 1.54) is 6.20 Å².